The van der Waals surface area contributed by atoms with Crippen LogP contribution in [0.25, 0.3) is 11.0 Å². The second-order valence-electron chi connectivity index (χ2n) is 8.54. The van der Waals surface area contributed by atoms with Crippen LogP contribution in [0, 0.1) is 12.8 Å². The Balaban J connectivity index is 1.72. The number of aryl methyl sites for hydroxylation is 2. The van der Waals surface area contributed by atoms with Crippen LogP contribution in [0.4, 0.5) is 0 Å². The summed E-state index contributed by atoms with van der Waals surface area (Å²) in [7, 11) is 0. The Bertz CT molecular complexity index is 1000. The van der Waals surface area contributed by atoms with E-state index in [1.807, 2.05) is 13.0 Å². The van der Waals surface area contributed by atoms with Crippen molar-refractivity contribution in [3.05, 3.63) is 38.7 Å². The lowest BCUT2D eigenvalue weighted by Crippen LogP contribution is -2.45. The summed E-state index contributed by atoms with van der Waals surface area (Å²) in [5.41, 5.74) is 3.33. The van der Waals surface area contributed by atoms with Crippen molar-refractivity contribution in [3.8, 4) is 5.75 Å². The predicted octanol–water partition coefficient (Wildman–Crippen LogP) is 4.50. The van der Waals surface area contributed by atoms with E-state index in [-0.39, 0.29) is 17.0 Å². The minimum absolute atomic E-state index is 0.170. The Labute approximate surface area is 152 Å². The van der Waals surface area contributed by atoms with Crippen molar-refractivity contribution < 1.29 is 13.9 Å². The van der Waals surface area contributed by atoms with Gasteiger partial charge in [0.25, 0.3) is 0 Å². The van der Waals surface area contributed by atoms with Crippen molar-refractivity contribution in [1.82, 2.24) is 0 Å². The SMILES string of the molecule is Cc1c2c(cc3c4c(c(=O)oc13)CCC4)C(=O)C[C@]1(CCC[C@@H](C)C1)O2. The molecule has 0 unspecified atom stereocenters. The summed E-state index contributed by atoms with van der Waals surface area (Å²) < 4.78 is 12.2. The summed E-state index contributed by atoms with van der Waals surface area (Å²) in [5.74, 6) is 1.38. The molecule has 1 saturated carbocycles. The molecule has 0 amide bonds. The van der Waals surface area contributed by atoms with Crippen molar-refractivity contribution in [2.24, 2.45) is 5.92 Å². The summed E-state index contributed by atoms with van der Waals surface area (Å²) in [6.45, 7) is 4.16. The average Bonchev–Trinajstić information content (AvgIpc) is 3.08. The number of carbonyl (C=O) groups excluding carboxylic acids is 1. The van der Waals surface area contributed by atoms with Crippen LogP contribution in [-0.2, 0) is 12.8 Å². The second kappa shape index (κ2) is 5.45. The van der Waals surface area contributed by atoms with E-state index in [2.05, 4.69) is 6.92 Å². The molecule has 1 aliphatic heterocycles. The third kappa shape index (κ3) is 2.20. The fourth-order valence-corrected chi connectivity index (χ4v) is 5.40. The highest BCUT2D eigenvalue weighted by Gasteiger charge is 2.44. The van der Waals surface area contributed by atoms with Crippen LogP contribution in [-0.4, -0.2) is 11.4 Å². The van der Waals surface area contributed by atoms with E-state index < -0.39 is 0 Å². The molecule has 0 radical (unpaired) electrons. The minimum atomic E-state index is -0.378. The molecule has 26 heavy (non-hydrogen) atoms. The van der Waals surface area contributed by atoms with Crippen molar-refractivity contribution in [1.29, 1.82) is 0 Å². The van der Waals surface area contributed by atoms with Gasteiger partial charge in [-0.25, -0.2) is 4.79 Å². The average molecular weight is 352 g/mol. The zero-order valence-corrected chi connectivity index (χ0v) is 15.4. The number of benzene rings is 1. The van der Waals surface area contributed by atoms with E-state index in [0.717, 1.165) is 60.6 Å². The first-order chi connectivity index (χ1) is 12.5. The van der Waals surface area contributed by atoms with Gasteiger partial charge >= 0.3 is 5.63 Å². The van der Waals surface area contributed by atoms with Crippen molar-refractivity contribution in [3.63, 3.8) is 0 Å². The Morgan fingerprint density at radius 3 is 2.77 bits per heavy atom. The van der Waals surface area contributed by atoms with Gasteiger partial charge in [-0.2, -0.15) is 0 Å². The van der Waals surface area contributed by atoms with E-state index in [1.165, 1.54) is 6.42 Å². The molecule has 0 N–H and O–H groups in total. The molecule has 3 aliphatic rings. The van der Waals surface area contributed by atoms with Gasteiger partial charge in [-0.15, -0.1) is 0 Å². The van der Waals surface area contributed by atoms with Gasteiger partial charge in [0.1, 0.15) is 16.9 Å². The molecule has 2 heterocycles. The molecule has 2 aliphatic carbocycles. The summed E-state index contributed by atoms with van der Waals surface area (Å²) in [5, 5.41) is 0.929. The zero-order chi connectivity index (χ0) is 18.1. The monoisotopic (exact) mass is 352 g/mol. The highest BCUT2D eigenvalue weighted by Crippen LogP contribution is 2.46. The number of Topliss-reactive ketones (excluding diaryl/α,β-unsaturated/α-hetero) is 1. The van der Waals surface area contributed by atoms with Crippen LogP contribution >= 0.6 is 0 Å². The molecule has 1 fully saturated rings. The van der Waals surface area contributed by atoms with Crippen LogP contribution in [0.3, 0.4) is 0 Å². The lowest BCUT2D eigenvalue weighted by atomic mass is 9.74. The van der Waals surface area contributed by atoms with Gasteiger partial charge in [-0.3, -0.25) is 4.79 Å². The summed E-state index contributed by atoms with van der Waals surface area (Å²) in [6, 6.07) is 1.92. The van der Waals surface area contributed by atoms with Crippen molar-refractivity contribution in [2.45, 2.75) is 70.8 Å². The van der Waals surface area contributed by atoms with Crippen LogP contribution in [0.15, 0.2) is 15.3 Å². The second-order valence-corrected chi connectivity index (χ2v) is 8.54. The lowest BCUT2D eigenvalue weighted by molar-refractivity contribution is -0.00127. The van der Waals surface area contributed by atoms with Gasteiger partial charge in [0.2, 0.25) is 0 Å². The molecule has 1 aromatic heterocycles. The molecule has 4 nitrogen and oxygen atoms in total. The number of hydrogen-bond acceptors (Lipinski definition) is 4. The zero-order valence-electron chi connectivity index (χ0n) is 15.4. The number of rotatable bonds is 0. The summed E-state index contributed by atoms with van der Waals surface area (Å²) >= 11 is 0. The van der Waals surface area contributed by atoms with E-state index in [9.17, 15) is 9.59 Å². The van der Waals surface area contributed by atoms with Crippen molar-refractivity contribution >= 4 is 16.8 Å². The largest absolute Gasteiger partial charge is 0.486 e. The highest BCUT2D eigenvalue weighted by molar-refractivity contribution is 6.05. The Hall–Kier alpha value is -2.10. The van der Waals surface area contributed by atoms with Gasteiger partial charge in [0, 0.05) is 16.5 Å². The first kappa shape index (κ1) is 16.1. The van der Waals surface area contributed by atoms with Crippen LogP contribution in [0.1, 0.15) is 72.5 Å². The van der Waals surface area contributed by atoms with Gasteiger partial charge in [0.05, 0.1) is 12.0 Å². The number of ether oxygens (including phenoxy) is 1. The van der Waals surface area contributed by atoms with Crippen molar-refractivity contribution in [2.75, 3.05) is 0 Å². The first-order valence-electron chi connectivity index (χ1n) is 9.82. The molecule has 0 bridgehead atoms. The maximum Gasteiger partial charge on any atom is 0.339 e. The Kier molecular flexibility index (Phi) is 3.37. The molecule has 136 valence electrons. The van der Waals surface area contributed by atoms with Crippen LogP contribution in [0.2, 0.25) is 0 Å². The van der Waals surface area contributed by atoms with Crippen LogP contribution in [0.5, 0.6) is 5.75 Å². The molecule has 0 saturated heterocycles. The lowest BCUT2D eigenvalue weighted by Gasteiger charge is -2.43. The summed E-state index contributed by atoms with van der Waals surface area (Å²) in [6.07, 6.45) is 7.23. The van der Waals surface area contributed by atoms with Gasteiger partial charge in [-0.05, 0) is 63.0 Å². The van der Waals surface area contributed by atoms with E-state index in [0.29, 0.717) is 29.2 Å². The highest BCUT2D eigenvalue weighted by atomic mass is 16.5. The minimum Gasteiger partial charge on any atom is -0.486 e. The quantitative estimate of drug-likeness (QED) is 0.655. The number of hydrogen-bond donors (Lipinski definition) is 0. The van der Waals surface area contributed by atoms with E-state index in [4.69, 9.17) is 9.15 Å². The van der Waals surface area contributed by atoms with E-state index >= 15 is 0 Å². The number of fused-ring (bicyclic) bond motifs is 4. The number of carbonyl (C=O) groups is 1. The van der Waals surface area contributed by atoms with Gasteiger partial charge in [0.15, 0.2) is 5.78 Å². The molecular formula is C22H24O4. The normalized spacial score (nSPS) is 27.5. The first-order valence-corrected chi connectivity index (χ1v) is 9.82. The predicted molar refractivity (Wildman–Crippen MR) is 99.2 cm³/mol. The third-order valence-corrected chi connectivity index (χ3v) is 6.59. The molecule has 5 rings (SSSR count). The molecular weight excluding hydrogens is 328 g/mol. The molecule has 1 spiro atoms. The summed E-state index contributed by atoms with van der Waals surface area (Å²) in [4.78, 5) is 25.4. The molecule has 1 aromatic carbocycles. The van der Waals surface area contributed by atoms with Gasteiger partial charge in [-0.1, -0.05) is 13.3 Å². The Morgan fingerprint density at radius 2 is 1.96 bits per heavy atom. The fraction of sp³-hybridized carbons (Fsp3) is 0.545. The third-order valence-electron chi connectivity index (χ3n) is 6.59. The smallest absolute Gasteiger partial charge is 0.339 e. The molecule has 2 aromatic rings. The fourth-order valence-electron chi connectivity index (χ4n) is 5.40. The van der Waals surface area contributed by atoms with Crippen LogP contribution < -0.4 is 10.4 Å². The maximum atomic E-state index is 13.1. The van der Waals surface area contributed by atoms with Gasteiger partial charge < -0.3 is 9.15 Å². The molecule has 2 atom stereocenters. The Morgan fingerprint density at radius 1 is 1.15 bits per heavy atom. The van der Waals surface area contributed by atoms with E-state index in [1.54, 1.807) is 0 Å². The topological polar surface area (TPSA) is 56.5 Å². The maximum absolute atomic E-state index is 13.1. The molecule has 4 heteroatoms. The number of ketones is 1. The standard InChI is InChI=1S/C22H24O4/c1-12-5-4-8-22(10-12)11-18(23)17-9-16-14-6-3-7-15(14)21(24)25-19(16)13(2)20(17)26-22/h9,12H,3-8,10-11H2,1-2H3/t12-,22-/m1/s1.